The summed E-state index contributed by atoms with van der Waals surface area (Å²) in [5.41, 5.74) is 4.21. The molecule has 4 fully saturated rings. The van der Waals surface area contributed by atoms with E-state index in [0.29, 0.717) is 28.7 Å². The minimum absolute atomic E-state index is 0.0747. The highest BCUT2D eigenvalue weighted by atomic mass is 32.2. The Kier molecular flexibility index (Phi) is 5.62. The van der Waals surface area contributed by atoms with Gasteiger partial charge in [0.1, 0.15) is 0 Å². The summed E-state index contributed by atoms with van der Waals surface area (Å²) in [5, 5.41) is 4.91. The fraction of sp³-hybridized carbons (Fsp3) is 0.517. The highest BCUT2D eigenvalue weighted by Crippen LogP contribution is 2.56. The zero-order valence-electron chi connectivity index (χ0n) is 20.8. The standard InChI is InChI=1S/C29H37N3O2S/c1-4-23(35(33,34)32-29-15-20-12-21(16-29)14-22(13-20)17-29)10-9-18(2)27-28-25(11-19(3)30-27)24-7-5-6-8-26(24)31-28/h4-10,19-22,27,30-32H,2,11-17H2,1,3H3/b10-9-,23-4+/t19-,20?,21?,22?,27-,29?/m0/s1. The Morgan fingerprint density at radius 1 is 1.09 bits per heavy atom. The van der Waals surface area contributed by atoms with Crippen LogP contribution >= 0.6 is 0 Å². The van der Waals surface area contributed by atoms with E-state index in [2.05, 4.69) is 46.7 Å². The second-order valence-electron chi connectivity index (χ2n) is 11.7. The topological polar surface area (TPSA) is 74.0 Å². The molecule has 4 aliphatic carbocycles. The number of aromatic amines is 1. The fourth-order valence-electron chi connectivity index (χ4n) is 7.92. The van der Waals surface area contributed by atoms with E-state index in [9.17, 15) is 8.42 Å². The Balaban J connectivity index is 1.23. The number of aromatic nitrogens is 1. The maximum absolute atomic E-state index is 13.5. The van der Waals surface area contributed by atoms with E-state index in [0.717, 1.165) is 42.5 Å². The fourth-order valence-corrected chi connectivity index (χ4v) is 9.41. The Bertz CT molecular complexity index is 1300. The minimum atomic E-state index is -3.60. The normalized spacial score (nSPS) is 34.6. The predicted octanol–water partition coefficient (Wildman–Crippen LogP) is 5.65. The third-order valence-electron chi connectivity index (χ3n) is 8.91. The van der Waals surface area contributed by atoms with Crippen molar-refractivity contribution in [3.63, 3.8) is 0 Å². The second-order valence-corrected chi connectivity index (χ2v) is 13.4. The molecule has 1 aromatic heterocycles. The smallest absolute Gasteiger partial charge is 0.240 e. The van der Waals surface area contributed by atoms with Gasteiger partial charge < -0.3 is 10.3 Å². The van der Waals surface area contributed by atoms with Crippen molar-refractivity contribution in [2.75, 3.05) is 0 Å². The number of para-hydroxylation sites is 1. The van der Waals surface area contributed by atoms with Gasteiger partial charge in [-0.05, 0) is 99.8 Å². The first-order valence-electron chi connectivity index (χ1n) is 13.2. The van der Waals surface area contributed by atoms with Crippen LogP contribution in [0.4, 0.5) is 0 Å². The molecular formula is C29H37N3O2S. The van der Waals surface area contributed by atoms with Crippen LogP contribution in [0.3, 0.4) is 0 Å². The molecule has 4 bridgehead atoms. The van der Waals surface area contributed by atoms with Crippen molar-refractivity contribution < 1.29 is 8.42 Å². The van der Waals surface area contributed by atoms with Crippen molar-refractivity contribution >= 4 is 20.9 Å². The van der Waals surface area contributed by atoms with E-state index in [-0.39, 0.29) is 11.6 Å². The lowest BCUT2D eigenvalue weighted by atomic mass is 9.53. The van der Waals surface area contributed by atoms with Gasteiger partial charge in [0.15, 0.2) is 0 Å². The summed E-state index contributed by atoms with van der Waals surface area (Å²) in [6.07, 6.45) is 13.1. The molecule has 35 heavy (non-hydrogen) atoms. The van der Waals surface area contributed by atoms with Crippen LogP contribution in [0.1, 0.15) is 69.7 Å². The van der Waals surface area contributed by atoms with Gasteiger partial charge in [0.25, 0.3) is 0 Å². The lowest BCUT2D eigenvalue weighted by molar-refractivity contribution is -0.00797. The molecule has 5 nitrogen and oxygen atoms in total. The summed E-state index contributed by atoms with van der Waals surface area (Å²) < 4.78 is 30.2. The number of allylic oxidation sites excluding steroid dienone is 2. The van der Waals surface area contributed by atoms with Crippen LogP contribution in [-0.2, 0) is 16.4 Å². The average molecular weight is 492 g/mol. The Morgan fingerprint density at radius 2 is 1.74 bits per heavy atom. The van der Waals surface area contributed by atoms with E-state index < -0.39 is 10.0 Å². The third-order valence-corrected chi connectivity index (χ3v) is 10.6. The summed E-state index contributed by atoms with van der Waals surface area (Å²) in [5.74, 6) is 2.08. The molecule has 5 aliphatic rings. The maximum atomic E-state index is 13.5. The Labute approximate surface area is 209 Å². The van der Waals surface area contributed by atoms with Crippen LogP contribution in [0, 0.1) is 17.8 Å². The molecule has 1 aliphatic heterocycles. The van der Waals surface area contributed by atoms with Gasteiger partial charge in [0, 0.05) is 28.2 Å². The van der Waals surface area contributed by atoms with Crippen molar-refractivity contribution in [3.05, 3.63) is 70.8 Å². The zero-order chi connectivity index (χ0) is 24.4. The molecule has 2 aromatic rings. The number of benzene rings is 1. The van der Waals surface area contributed by atoms with Crippen LogP contribution < -0.4 is 10.0 Å². The molecule has 0 spiro atoms. The molecule has 0 amide bonds. The SMILES string of the molecule is C=C(/C=C\C(=C/C)S(=O)(=O)NC12CC3CC(CC(C3)C1)C2)[C@@H]1N[C@@H](C)Cc2c1[nH]c1ccccc21. The molecule has 6 heteroatoms. The van der Waals surface area contributed by atoms with E-state index >= 15 is 0 Å². The highest BCUT2D eigenvalue weighted by molar-refractivity contribution is 7.93. The van der Waals surface area contributed by atoms with Crippen molar-refractivity contribution in [2.24, 2.45) is 17.8 Å². The van der Waals surface area contributed by atoms with Crippen LogP contribution in [-0.4, -0.2) is 25.0 Å². The summed E-state index contributed by atoms with van der Waals surface area (Å²) in [6, 6.07) is 8.62. The van der Waals surface area contributed by atoms with Crippen LogP contribution in [0.2, 0.25) is 0 Å². The molecule has 3 N–H and O–H groups in total. The Morgan fingerprint density at radius 3 is 2.40 bits per heavy atom. The minimum Gasteiger partial charge on any atom is -0.357 e. The summed E-state index contributed by atoms with van der Waals surface area (Å²) >= 11 is 0. The molecule has 4 saturated carbocycles. The largest absolute Gasteiger partial charge is 0.357 e. The monoisotopic (exact) mass is 491 g/mol. The van der Waals surface area contributed by atoms with Crippen molar-refractivity contribution in [1.82, 2.24) is 15.0 Å². The van der Waals surface area contributed by atoms with Gasteiger partial charge in [0.05, 0.1) is 10.9 Å². The number of nitrogens with one attached hydrogen (secondary N) is 3. The van der Waals surface area contributed by atoms with Crippen LogP contribution in [0.25, 0.3) is 10.9 Å². The van der Waals surface area contributed by atoms with Crippen molar-refractivity contribution in [3.8, 4) is 0 Å². The quantitative estimate of drug-likeness (QED) is 0.457. The van der Waals surface area contributed by atoms with Gasteiger partial charge in [-0.25, -0.2) is 13.1 Å². The van der Waals surface area contributed by atoms with Gasteiger partial charge in [-0.2, -0.15) is 0 Å². The molecule has 0 unspecified atom stereocenters. The highest BCUT2D eigenvalue weighted by Gasteiger charge is 2.52. The summed E-state index contributed by atoms with van der Waals surface area (Å²) in [6.45, 7) is 8.33. The molecule has 2 heterocycles. The van der Waals surface area contributed by atoms with Gasteiger partial charge >= 0.3 is 0 Å². The lowest BCUT2D eigenvalue weighted by Gasteiger charge is -2.56. The number of sulfonamides is 1. The van der Waals surface area contributed by atoms with E-state index in [1.807, 2.05) is 12.1 Å². The van der Waals surface area contributed by atoms with Gasteiger partial charge in [0.2, 0.25) is 10.0 Å². The molecule has 2 atom stereocenters. The molecule has 1 aromatic carbocycles. The van der Waals surface area contributed by atoms with Crippen molar-refractivity contribution in [1.29, 1.82) is 0 Å². The number of H-pyrrole nitrogens is 1. The van der Waals surface area contributed by atoms with E-state index in [1.54, 1.807) is 19.1 Å². The molecule has 7 rings (SSSR count). The molecule has 0 saturated heterocycles. The van der Waals surface area contributed by atoms with Gasteiger partial charge in [-0.3, -0.25) is 0 Å². The predicted molar refractivity (Wildman–Crippen MR) is 142 cm³/mol. The molecular weight excluding hydrogens is 454 g/mol. The summed E-state index contributed by atoms with van der Waals surface area (Å²) in [4.78, 5) is 3.91. The van der Waals surface area contributed by atoms with Crippen LogP contribution in [0.15, 0.2) is 59.6 Å². The van der Waals surface area contributed by atoms with Crippen LogP contribution in [0.5, 0.6) is 0 Å². The summed E-state index contributed by atoms with van der Waals surface area (Å²) in [7, 11) is -3.60. The first kappa shape index (κ1) is 23.3. The van der Waals surface area contributed by atoms with E-state index in [4.69, 9.17) is 0 Å². The Hall–Kier alpha value is -2.15. The number of hydrogen-bond acceptors (Lipinski definition) is 3. The number of rotatable bonds is 6. The number of fused-ring (bicyclic) bond motifs is 3. The van der Waals surface area contributed by atoms with Gasteiger partial charge in [-0.15, -0.1) is 0 Å². The maximum Gasteiger partial charge on any atom is 0.240 e. The average Bonchev–Trinajstić information content (AvgIpc) is 3.15. The molecule has 186 valence electrons. The molecule has 0 radical (unpaired) electrons. The first-order valence-corrected chi connectivity index (χ1v) is 14.7. The van der Waals surface area contributed by atoms with Crippen molar-refractivity contribution in [2.45, 2.75) is 76.4 Å². The van der Waals surface area contributed by atoms with E-state index in [1.165, 1.54) is 30.2 Å². The zero-order valence-corrected chi connectivity index (χ0v) is 21.6. The third kappa shape index (κ3) is 4.13. The second kappa shape index (κ2) is 8.46. The van der Waals surface area contributed by atoms with Gasteiger partial charge in [-0.1, -0.05) is 36.9 Å². The lowest BCUT2D eigenvalue weighted by Crippen LogP contribution is -2.59. The first-order chi connectivity index (χ1) is 16.7. The number of hydrogen-bond donors (Lipinski definition) is 3.